The summed E-state index contributed by atoms with van der Waals surface area (Å²) in [6, 6.07) is 13.9. The van der Waals surface area contributed by atoms with Gasteiger partial charge in [-0.1, -0.05) is 23.7 Å². The number of cyclic esters (lactones) is 1. The molecular formula is C19H13ClO4. The molecule has 1 heterocycles. The molecule has 2 aromatic carbocycles. The third kappa shape index (κ3) is 3.73. The van der Waals surface area contributed by atoms with Crippen LogP contribution in [0.4, 0.5) is 0 Å². The average molecular weight is 341 g/mol. The van der Waals surface area contributed by atoms with Crippen molar-refractivity contribution in [1.29, 1.82) is 0 Å². The Bertz CT molecular complexity index is 846. The van der Waals surface area contributed by atoms with Gasteiger partial charge in [0.25, 0.3) is 0 Å². The van der Waals surface area contributed by atoms with Crippen molar-refractivity contribution in [3.63, 3.8) is 0 Å². The molecule has 0 unspecified atom stereocenters. The van der Waals surface area contributed by atoms with Gasteiger partial charge >= 0.3 is 11.9 Å². The van der Waals surface area contributed by atoms with Crippen LogP contribution >= 0.6 is 11.6 Å². The molecule has 5 heteroatoms. The molecule has 0 N–H and O–H groups in total. The lowest BCUT2D eigenvalue weighted by Gasteiger charge is -2.01. The first kappa shape index (κ1) is 16.0. The van der Waals surface area contributed by atoms with Crippen molar-refractivity contribution in [2.75, 3.05) is 0 Å². The Hall–Kier alpha value is -2.85. The summed E-state index contributed by atoms with van der Waals surface area (Å²) in [6.07, 6.45) is 3.40. The van der Waals surface area contributed by atoms with Crippen molar-refractivity contribution in [2.24, 2.45) is 0 Å². The van der Waals surface area contributed by atoms with Gasteiger partial charge in [-0.2, -0.15) is 0 Å². The molecular weight excluding hydrogens is 328 g/mol. The number of halogens is 1. The minimum atomic E-state index is -0.413. The quantitative estimate of drug-likeness (QED) is 0.476. The molecule has 0 aliphatic carbocycles. The third-order valence-electron chi connectivity index (χ3n) is 3.32. The first-order valence-electron chi connectivity index (χ1n) is 7.21. The van der Waals surface area contributed by atoms with E-state index in [1.807, 2.05) is 0 Å². The number of hydrogen-bond donors (Lipinski definition) is 0. The first-order valence-corrected chi connectivity index (χ1v) is 7.59. The van der Waals surface area contributed by atoms with Gasteiger partial charge in [-0.15, -0.1) is 0 Å². The van der Waals surface area contributed by atoms with Gasteiger partial charge in [0, 0.05) is 17.5 Å². The Morgan fingerprint density at radius 3 is 2.38 bits per heavy atom. The second-order valence-corrected chi connectivity index (χ2v) is 5.60. The Kier molecular flexibility index (Phi) is 4.49. The number of carbonyl (C=O) groups is 2. The molecule has 1 aliphatic heterocycles. The summed E-state index contributed by atoms with van der Waals surface area (Å²) in [6.45, 7) is 1.34. The molecule has 120 valence electrons. The number of benzene rings is 2. The second kappa shape index (κ2) is 6.72. The summed E-state index contributed by atoms with van der Waals surface area (Å²) in [5.74, 6) is 0.149. The second-order valence-electron chi connectivity index (χ2n) is 5.17. The monoisotopic (exact) mass is 340 g/mol. The lowest BCUT2D eigenvalue weighted by molar-refractivity contribution is -0.132. The standard InChI is InChI=1S/C19H13ClO4/c1-12(21)23-17-8-2-13(3-9-17)10-15-11-18(24-19(15)22)14-4-6-16(20)7-5-14/h2-11H,1H3/b15-10-. The van der Waals surface area contributed by atoms with E-state index in [1.165, 1.54) is 6.92 Å². The minimum Gasteiger partial charge on any atom is -0.427 e. The van der Waals surface area contributed by atoms with Crippen LogP contribution in [0.25, 0.3) is 11.8 Å². The fourth-order valence-corrected chi connectivity index (χ4v) is 2.35. The van der Waals surface area contributed by atoms with Crippen molar-refractivity contribution in [3.8, 4) is 5.75 Å². The van der Waals surface area contributed by atoms with Crippen molar-refractivity contribution < 1.29 is 19.1 Å². The number of ether oxygens (including phenoxy) is 2. The van der Waals surface area contributed by atoms with Crippen LogP contribution in [-0.4, -0.2) is 11.9 Å². The predicted molar refractivity (Wildman–Crippen MR) is 91.2 cm³/mol. The molecule has 24 heavy (non-hydrogen) atoms. The Morgan fingerprint density at radius 1 is 1.08 bits per heavy atom. The summed E-state index contributed by atoms with van der Waals surface area (Å²) in [5.41, 5.74) is 2.02. The lowest BCUT2D eigenvalue weighted by Crippen LogP contribution is -2.01. The summed E-state index contributed by atoms with van der Waals surface area (Å²) in [7, 11) is 0. The maximum absolute atomic E-state index is 12.0. The van der Waals surface area contributed by atoms with Gasteiger partial charge in [-0.3, -0.25) is 4.79 Å². The minimum absolute atomic E-state index is 0.379. The van der Waals surface area contributed by atoms with Gasteiger partial charge in [-0.25, -0.2) is 4.79 Å². The maximum atomic E-state index is 12.0. The highest BCUT2D eigenvalue weighted by molar-refractivity contribution is 6.30. The predicted octanol–water partition coefficient (Wildman–Crippen LogP) is 4.25. The molecule has 0 fully saturated rings. The summed E-state index contributed by atoms with van der Waals surface area (Å²) < 4.78 is 10.3. The van der Waals surface area contributed by atoms with Gasteiger partial charge in [0.1, 0.15) is 11.5 Å². The molecule has 0 atom stereocenters. The largest absolute Gasteiger partial charge is 0.427 e. The van der Waals surface area contributed by atoms with E-state index in [0.29, 0.717) is 22.1 Å². The van der Waals surface area contributed by atoms with Crippen molar-refractivity contribution >= 4 is 35.4 Å². The van der Waals surface area contributed by atoms with E-state index >= 15 is 0 Å². The fourth-order valence-electron chi connectivity index (χ4n) is 2.22. The van der Waals surface area contributed by atoms with E-state index in [4.69, 9.17) is 21.1 Å². The molecule has 0 bridgehead atoms. The topological polar surface area (TPSA) is 52.6 Å². The highest BCUT2D eigenvalue weighted by atomic mass is 35.5. The van der Waals surface area contributed by atoms with E-state index in [1.54, 1.807) is 60.7 Å². The molecule has 0 saturated heterocycles. The first-order chi connectivity index (χ1) is 11.5. The maximum Gasteiger partial charge on any atom is 0.343 e. The highest BCUT2D eigenvalue weighted by Crippen LogP contribution is 2.28. The van der Waals surface area contributed by atoms with Crippen LogP contribution in [0.2, 0.25) is 5.02 Å². The van der Waals surface area contributed by atoms with Gasteiger partial charge in [0.05, 0.1) is 5.57 Å². The number of carbonyl (C=O) groups excluding carboxylic acids is 2. The third-order valence-corrected chi connectivity index (χ3v) is 3.57. The summed E-state index contributed by atoms with van der Waals surface area (Å²) >= 11 is 5.86. The highest BCUT2D eigenvalue weighted by Gasteiger charge is 2.21. The van der Waals surface area contributed by atoms with Crippen LogP contribution in [-0.2, 0) is 14.3 Å². The van der Waals surface area contributed by atoms with Crippen molar-refractivity contribution in [3.05, 3.63) is 76.3 Å². The van der Waals surface area contributed by atoms with E-state index in [-0.39, 0.29) is 5.97 Å². The van der Waals surface area contributed by atoms with Gasteiger partial charge in [0.15, 0.2) is 0 Å². The van der Waals surface area contributed by atoms with Crippen molar-refractivity contribution in [1.82, 2.24) is 0 Å². The van der Waals surface area contributed by atoms with Gasteiger partial charge in [-0.05, 0) is 54.1 Å². The van der Waals surface area contributed by atoms with Gasteiger partial charge < -0.3 is 9.47 Å². The molecule has 0 amide bonds. The van der Waals surface area contributed by atoms with Crippen LogP contribution in [0.5, 0.6) is 5.75 Å². The summed E-state index contributed by atoms with van der Waals surface area (Å²) in [5, 5.41) is 0.618. The molecule has 0 radical (unpaired) electrons. The Morgan fingerprint density at radius 2 is 1.75 bits per heavy atom. The van der Waals surface area contributed by atoms with Crippen molar-refractivity contribution in [2.45, 2.75) is 6.92 Å². The average Bonchev–Trinajstić information content (AvgIpc) is 2.90. The molecule has 0 spiro atoms. The van der Waals surface area contributed by atoms with Crippen LogP contribution in [0.1, 0.15) is 18.1 Å². The molecule has 2 aromatic rings. The molecule has 0 saturated carbocycles. The van der Waals surface area contributed by atoms with Crippen LogP contribution < -0.4 is 4.74 Å². The summed E-state index contributed by atoms with van der Waals surface area (Å²) in [4.78, 5) is 22.9. The zero-order valence-electron chi connectivity index (χ0n) is 12.8. The van der Waals surface area contributed by atoms with Crippen LogP contribution in [0.3, 0.4) is 0 Å². The van der Waals surface area contributed by atoms with Crippen LogP contribution in [0.15, 0.2) is 60.2 Å². The normalized spacial score (nSPS) is 15.2. The van der Waals surface area contributed by atoms with Crippen LogP contribution in [0, 0.1) is 0 Å². The van der Waals surface area contributed by atoms with E-state index in [2.05, 4.69) is 0 Å². The molecule has 0 aromatic heterocycles. The lowest BCUT2D eigenvalue weighted by atomic mass is 10.1. The number of rotatable bonds is 3. The molecule has 1 aliphatic rings. The Balaban J connectivity index is 1.83. The zero-order chi connectivity index (χ0) is 17.1. The fraction of sp³-hybridized carbons (Fsp3) is 0.0526. The number of hydrogen-bond acceptors (Lipinski definition) is 4. The van der Waals surface area contributed by atoms with E-state index < -0.39 is 5.97 Å². The molecule has 3 rings (SSSR count). The SMILES string of the molecule is CC(=O)Oc1ccc(/C=C2/C=C(c3ccc(Cl)cc3)OC2=O)cc1. The smallest absolute Gasteiger partial charge is 0.343 e. The molecule has 4 nitrogen and oxygen atoms in total. The van der Waals surface area contributed by atoms with E-state index in [0.717, 1.165) is 11.1 Å². The Labute approximate surface area is 144 Å². The zero-order valence-corrected chi connectivity index (χ0v) is 13.5. The number of esters is 2. The van der Waals surface area contributed by atoms with Gasteiger partial charge in [0.2, 0.25) is 0 Å². The van der Waals surface area contributed by atoms with E-state index in [9.17, 15) is 9.59 Å².